The van der Waals surface area contributed by atoms with Crippen LogP contribution in [0.2, 0.25) is 10.0 Å². The number of carbonyl (C=O) groups is 1. The lowest BCUT2D eigenvalue weighted by molar-refractivity contribution is 0.0961. The fourth-order valence-electron chi connectivity index (χ4n) is 1.15. The molecule has 0 unspecified atom stereocenters. The van der Waals surface area contributed by atoms with Crippen molar-refractivity contribution in [3.05, 3.63) is 27.7 Å². The minimum Gasteiger partial charge on any atom is -0.485 e. The van der Waals surface area contributed by atoms with Gasteiger partial charge in [0.2, 0.25) is 5.78 Å². The van der Waals surface area contributed by atoms with Crippen LogP contribution in [0, 0.1) is 0 Å². The van der Waals surface area contributed by atoms with Gasteiger partial charge in [0.05, 0.1) is 10.6 Å². The first kappa shape index (κ1) is 7.90. The van der Waals surface area contributed by atoms with E-state index < -0.39 is 0 Å². The first-order valence-corrected chi connectivity index (χ1v) is 4.09. The number of ketones is 1. The molecule has 2 nitrogen and oxygen atoms in total. The molecule has 0 aliphatic carbocycles. The molecule has 0 bridgehead atoms. The summed E-state index contributed by atoms with van der Waals surface area (Å²) in [6, 6.07) is 3.13. The van der Waals surface area contributed by atoms with E-state index in [0.717, 1.165) is 0 Å². The molecule has 0 fully saturated rings. The van der Waals surface area contributed by atoms with Crippen LogP contribution >= 0.6 is 23.2 Å². The lowest BCUT2D eigenvalue weighted by Crippen LogP contribution is -1.99. The second-order valence-electron chi connectivity index (χ2n) is 2.47. The Morgan fingerprint density at radius 2 is 2.08 bits per heavy atom. The third kappa shape index (κ3) is 1.08. The number of benzene rings is 1. The fraction of sp³-hybridized carbons (Fsp3) is 0.125. The molecule has 1 aromatic rings. The number of carbonyl (C=O) groups excluding carboxylic acids is 1. The number of fused-ring (bicyclic) bond motifs is 1. The van der Waals surface area contributed by atoms with Crippen molar-refractivity contribution in [3.8, 4) is 5.75 Å². The van der Waals surface area contributed by atoms with Gasteiger partial charge in [-0.15, -0.1) is 0 Å². The Hall–Kier alpha value is -0.730. The predicted molar refractivity (Wildman–Crippen MR) is 46.3 cm³/mol. The smallest absolute Gasteiger partial charge is 0.205 e. The van der Waals surface area contributed by atoms with Crippen LogP contribution in [0.25, 0.3) is 0 Å². The van der Waals surface area contributed by atoms with E-state index in [4.69, 9.17) is 27.9 Å². The first-order chi connectivity index (χ1) is 5.68. The van der Waals surface area contributed by atoms with Crippen molar-refractivity contribution in [1.29, 1.82) is 0 Å². The van der Waals surface area contributed by atoms with Crippen LogP contribution in [0.15, 0.2) is 12.1 Å². The van der Waals surface area contributed by atoms with Gasteiger partial charge in [-0.05, 0) is 12.1 Å². The number of hydrogen-bond acceptors (Lipinski definition) is 2. The van der Waals surface area contributed by atoms with E-state index in [1.54, 1.807) is 6.07 Å². The SMILES string of the molecule is O=C1COc2cc(Cl)cc(Cl)c21. The van der Waals surface area contributed by atoms with Crippen molar-refractivity contribution in [2.75, 3.05) is 6.61 Å². The molecular weight excluding hydrogens is 199 g/mol. The largest absolute Gasteiger partial charge is 0.485 e. The van der Waals surface area contributed by atoms with Crippen molar-refractivity contribution in [1.82, 2.24) is 0 Å². The third-order valence-electron chi connectivity index (χ3n) is 1.66. The average molecular weight is 203 g/mol. The molecule has 0 atom stereocenters. The van der Waals surface area contributed by atoms with Gasteiger partial charge < -0.3 is 4.74 Å². The third-order valence-corrected chi connectivity index (χ3v) is 2.17. The van der Waals surface area contributed by atoms with Crippen LogP contribution in [0.4, 0.5) is 0 Å². The molecule has 0 aromatic heterocycles. The molecule has 1 aliphatic heterocycles. The van der Waals surface area contributed by atoms with E-state index in [1.807, 2.05) is 0 Å². The van der Waals surface area contributed by atoms with Gasteiger partial charge in [0, 0.05) is 5.02 Å². The molecule has 1 aromatic carbocycles. The molecule has 1 heterocycles. The van der Waals surface area contributed by atoms with Gasteiger partial charge in [-0.1, -0.05) is 23.2 Å². The van der Waals surface area contributed by atoms with E-state index >= 15 is 0 Å². The lowest BCUT2D eigenvalue weighted by atomic mass is 10.1. The number of ether oxygens (including phenoxy) is 1. The molecule has 1 aliphatic rings. The van der Waals surface area contributed by atoms with Crippen molar-refractivity contribution in [2.24, 2.45) is 0 Å². The summed E-state index contributed by atoms with van der Waals surface area (Å²) in [5.41, 5.74) is 0.445. The lowest BCUT2D eigenvalue weighted by Gasteiger charge is -1.99. The molecule has 0 spiro atoms. The van der Waals surface area contributed by atoms with Crippen molar-refractivity contribution in [3.63, 3.8) is 0 Å². The van der Waals surface area contributed by atoms with Gasteiger partial charge in [-0.25, -0.2) is 0 Å². The number of Topliss-reactive ketones (excluding diaryl/α,β-unsaturated/α-hetero) is 1. The van der Waals surface area contributed by atoms with Crippen molar-refractivity contribution in [2.45, 2.75) is 0 Å². The van der Waals surface area contributed by atoms with E-state index in [9.17, 15) is 4.79 Å². The Kier molecular flexibility index (Phi) is 1.74. The topological polar surface area (TPSA) is 26.3 Å². The highest BCUT2D eigenvalue weighted by atomic mass is 35.5. The highest BCUT2D eigenvalue weighted by Gasteiger charge is 2.24. The minimum atomic E-state index is -0.0910. The van der Waals surface area contributed by atoms with Crippen LogP contribution in [0.1, 0.15) is 10.4 Å². The molecular formula is C8H4Cl2O2. The maximum absolute atomic E-state index is 11.1. The predicted octanol–water partition coefficient (Wildman–Crippen LogP) is 2.57. The molecule has 0 saturated carbocycles. The minimum absolute atomic E-state index is 0.0649. The van der Waals surface area contributed by atoms with E-state index in [-0.39, 0.29) is 12.4 Å². The molecule has 0 amide bonds. The first-order valence-electron chi connectivity index (χ1n) is 3.33. The van der Waals surface area contributed by atoms with Gasteiger partial charge in [0.25, 0.3) is 0 Å². The van der Waals surface area contributed by atoms with Crippen LogP contribution in [-0.4, -0.2) is 12.4 Å². The highest BCUT2D eigenvalue weighted by Crippen LogP contribution is 2.34. The normalized spacial score (nSPS) is 14.3. The fourth-order valence-corrected chi connectivity index (χ4v) is 1.73. The summed E-state index contributed by atoms with van der Waals surface area (Å²) in [6.07, 6.45) is 0. The summed E-state index contributed by atoms with van der Waals surface area (Å²) in [4.78, 5) is 11.1. The Labute approximate surface area is 79.0 Å². The van der Waals surface area contributed by atoms with E-state index in [0.29, 0.717) is 21.4 Å². The van der Waals surface area contributed by atoms with Gasteiger partial charge >= 0.3 is 0 Å². The molecule has 2 rings (SSSR count). The Bertz CT molecular complexity index is 360. The number of rotatable bonds is 0. The van der Waals surface area contributed by atoms with Crippen LogP contribution in [-0.2, 0) is 0 Å². The Balaban J connectivity index is 2.68. The number of hydrogen-bond donors (Lipinski definition) is 0. The summed E-state index contributed by atoms with van der Waals surface area (Å²) < 4.78 is 5.05. The zero-order valence-corrected chi connectivity index (χ0v) is 7.45. The van der Waals surface area contributed by atoms with E-state index in [2.05, 4.69) is 0 Å². The number of halogens is 2. The van der Waals surface area contributed by atoms with Crippen molar-refractivity contribution < 1.29 is 9.53 Å². The summed E-state index contributed by atoms with van der Waals surface area (Å²) in [6.45, 7) is 0.0649. The van der Waals surface area contributed by atoms with Gasteiger partial charge in [0.1, 0.15) is 5.75 Å². The molecule has 62 valence electrons. The molecule has 4 heteroatoms. The summed E-state index contributed by atoms with van der Waals surface area (Å²) >= 11 is 11.5. The summed E-state index contributed by atoms with van der Waals surface area (Å²) in [5, 5.41) is 0.841. The zero-order valence-electron chi connectivity index (χ0n) is 5.93. The second-order valence-corrected chi connectivity index (χ2v) is 3.32. The summed E-state index contributed by atoms with van der Waals surface area (Å²) in [5.74, 6) is 0.393. The van der Waals surface area contributed by atoms with Crippen LogP contribution in [0.5, 0.6) is 5.75 Å². The molecule has 0 N–H and O–H groups in total. The van der Waals surface area contributed by atoms with Gasteiger partial charge in [0.15, 0.2) is 6.61 Å². The van der Waals surface area contributed by atoms with Crippen LogP contribution in [0.3, 0.4) is 0 Å². The summed E-state index contributed by atoms with van der Waals surface area (Å²) in [7, 11) is 0. The maximum atomic E-state index is 11.1. The van der Waals surface area contributed by atoms with E-state index in [1.165, 1.54) is 6.07 Å². The Morgan fingerprint density at radius 3 is 2.83 bits per heavy atom. The van der Waals surface area contributed by atoms with Gasteiger partial charge in [-0.2, -0.15) is 0 Å². The standard InChI is InChI=1S/C8H4Cl2O2/c9-4-1-5(10)8-6(11)3-12-7(8)2-4/h1-2H,3H2. The maximum Gasteiger partial charge on any atom is 0.205 e. The molecule has 12 heavy (non-hydrogen) atoms. The highest BCUT2D eigenvalue weighted by molar-refractivity contribution is 6.37. The molecule has 0 radical (unpaired) electrons. The average Bonchev–Trinajstić information content (AvgIpc) is 2.31. The van der Waals surface area contributed by atoms with Gasteiger partial charge in [-0.3, -0.25) is 4.79 Å². The monoisotopic (exact) mass is 202 g/mol. The molecule has 0 saturated heterocycles. The second kappa shape index (κ2) is 2.64. The Morgan fingerprint density at radius 1 is 1.33 bits per heavy atom. The van der Waals surface area contributed by atoms with Crippen molar-refractivity contribution >= 4 is 29.0 Å². The zero-order chi connectivity index (χ0) is 8.72. The quantitative estimate of drug-likeness (QED) is 0.647. The van der Waals surface area contributed by atoms with Crippen LogP contribution < -0.4 is 4.74 Å².